The molecule has 0 saturated carbocycles. The number of rotatable bonds is 4. The second-order valence-corrected chi connectivity index (χ2v) is 6.25. The first-order valence-electron chi connectivity index (χ1n) is 7.14. The Labute approximate surface area is 130 Å². The van der Waals surface area contributed by atoms with E-state index in [-0.39, 0.29) is 5.60 Å². The summed E-state index contributed by atoms with van der Waals surface area (Å²) in [7, 11) is 0. The summed E-state index contributed by atoms with van der Waals surface area (Å²) < 4.78 is 5.99. The molecule has 0 aromatic heterocycles. The molecular weight excluding hydrogens is 295 g/mol. The van der Waals surface area contributed by atoms with Gasteiger partial charge in [-0.05, 0) is 37.8 Å². The van der Waals surface area contributed by atoms with Crippen molar-refractivity contribution < 1.29 is 4.74 Å². The predicted octanol–water partition coefficient (Wildman–Crippen LogP) is 4.73. The SMILES string of the molecule is CCC1(CC)CC(Nc2c(Cl)cc(N)cc2Cl)CCO1. The van der Waals surface area contributed by atoms with E-state index in [0.29, 0.717) is 21.8 Å². The van der Waals surface area contributed by atoms with Crippen molar-refractivity contribution in [3.05, 3.63) is 22.2 Å². The summed E-state index contributed by atoms with van der Waals surface area (Å²) in [6.07, 6.45) is 3.96. The van der Waals surface area contributed by atoms with Crippen LogP contribution in [0, 0.1) is 0 Å². The van der Waals surface area contributed by atoms with Gasteiger partial charge in [-0.25, -0.2) is 0 Å². The Hall–Kier alpha value is -0.640. The van der Waals surface area contributed by atoms with Gasteiger partial charge in [0, 0.05) is 18.3 Å². The molecule has 1 aliphatic heterocycles. The summed E-state index contributed by atoms with van der Waals surface area (Å²) in [5.74, 6) is 0. The van der Waals surface area contributed by atoms with Gasteiger partial charge in [-0.2, -0.15) is 0 Å². The zero-order valence-electron chi connectivity index (χ0n) is 12.0. The summed E-state index contributed by atoms with van der Waals surface area (Å²) in [5.41, 5.74) is 7.06. The monoisotopic (exact) mass is 316 g/mol. The highest BCUT2D eigenvalue weighted by atomic mass is 35.5. The molecule has 2 rings (SSSR count). The van der Waals surface area contributed by atoms with Crippen molar-refractivity contribution in [2.24, 2.45) is 0 Å². The van der Waals surface area contributed by atoms with Crippen LogP contribution in [0.15, 0.2) is 12.1 Å². The summed E-state index contributed by atoms with van der Waals surface area (Å²) >= 11 is 12.5. The van der Waals surface area contributed by atoms with Crippen LogP contribution in [0.25, 0.3) is 0 Å². The number of hydrogen-bond donors (Lipinski definition) is 2. The van der Waals surface area contributed by atoms with Gasteiger partial charge in [0.2, 0.25) is 0 Å². The Morgan fingerprint density at radius 2 is 1.90 bits per heavy atom. The zero-order valence-corrected chi connectivity index (χ0v) is 13.5. The van der Waals surface area contributed by atoms with Gasteiger partial charge in [0.15, 0.2) is 0 Å². The van der Waals surface area contributed by atoms with E-state index in [1.54, 1.807) is 12.1 Å². The van der Waals surface area contributed by atoms with Gasteiger partial charge >= 0.3 is 0 Å². The van der Waals surface area contributed by atoms with Crippen molar-refractivity contribution in [3.63, 3.8) is 0 Å². The molecule has 0 amide bonds. The minimum Gasteiger partial charge on any atom is -0.399 e. The minimum absolute atomic E-state index is 0.0251. The highest BCUT2D eigenvalue weighted by Gasteiger charge is 2.34. The van der Waals surface area contributed by atoms with Gasteiger partial charge < -0.3 is 15.8 Å². The van der Waals surface area contributed by atoms with Gasteiger partial charge in [-0.15, -0.1) is 0 Å². The average Bonchev–Trinajstić information content (AvgIpc) is 2.43. The fourth-order valence-electron chi connectivity index (χ4n) is 2.83. The summed E-state index contributed by atoms with van der Waals surface area (Å²) in [5, 5.41) is 4.61. The fourth-order valence-corrected chi connectivity index (χ4v) is 3.44. The maximum atomic E-state index is 6.23. The lowest BCUT2D eigenvalue weighted by atomic mass is 9.86. The first kappa shape index (κ1) is 15.7. The number of nitrogens with one attached hydrogen (secondary N) is 1. The fraction of sp³-hybridized carbons (Fsp3) is 0.600. The summed E-state index contributed by atoms with van der Waals surface area (Å²) in [6.45, 7) is 5.12. The van der Waals surface area contributed by atoms with Crippen LogP contribution in [0.5, 0.6) is 0 Å². The van der Waals surface area contributed by atoms with Crippen molar-refractivity contribution in [1.82, 2.24) is 0 Å². The van der Waals surface area contributed by atoms with E-state index in [2.05, 4.69) is 19.2 Å². The predicted molar refractivity (Wildman–Crippen MR) is 86.8 cm³/mol. The van der Waals surface area contributed by atoms with E-state index in [1.165, 1.54) is 0 Å². The number of hydrogen-bond acceptors (Lipinski definition) is 3. The van der Waals surface area contributed by atoms with Crippen LogP contribution in [0.3, 0.4) is 0 Å². The largest absolute Gasteiger partial charge is 0.399 e. The molecule has 3 nitrogen and oxygen atoms in total. The van der Waals surface area contributed by atoms with Crippen LogP contribution in [-0.4, -0.2) is 18.2 Å². The maximum Gasteiger partial charge on any atom is 0.0722 e. The number of anilines is 2. The van der Waals surface area contributed by atoms with Crippen molar-refractivity contribution in [2.45, 2.75) is 51.2 Å². The molecule has 1 unspecified atom stereocenters. The third-order valence-corrected chi connectivity index (χ3v) is 4.79. The normalized spacial score (nSPS) is 21.7. The number of ether oxygens (including phenoxy) is 1. The maximum absolute atomic E-state index is 6.23. The van der Waals surface area contributed by atoms with Crippen LogP contribution in [0.2, 0.25) is 10.0 Å². The smallest absolute Gasteiger partial charge is 0.0722 e. The second kappa shape index (κ2) is 6.42. The Bertz CT molecular complexity index is 452. The molecule has 5 heteroatoms. The van der Waals surface area contributed by atoms with Gasteiger partial charge in [-0.3, -0.25) is 0 Å². The Balaban J connectivity index is 2.14. The van der Waals surface area contributed by atoms with Gasteiger partial charge in [0.05, 0.1) is 21.3 Å². The topological polar surface area (TPSA) is 47.3 Å². The number of halogens is 2. The van der Waals surface area contributed by atoms with Gasteiger partial charge in [0.1, 0.15) is 0 Å². The zero-order chi connectivity index (χ0) is 14.8. The molecule has 1 heterocycles. The highest BCUT2D eigenvalue weighted by Crippen LogP contribution is 2.37. The molecule has 0 radical (unpaired) electrons. The molecule has 1 aliphatic rings. The first-order chi connectivity index (χ1) is 9.49. The van der Waals surface area contributed by atoms with Crippen LogP contribution in [0.4, 0.5) is 11.4 Å². The Morgan fingerprint density at radius 3 is 2.45 bits per heavy atom. The highest BCUT2D eigenvalue weighted by molar-refractivity contribution is 6.39. The molecule has 0 spiro atoms. The molecule has 3 N–H and O–H groups in total. The average molecular weight is 317 g/mol. The molecule has 1 aromatic rings. The Kier molecular flexibility index (Phi) is 5.05. The third-order valence-electron chi connectivity index (χ3n) is 4.19. The van der Waals surface area contributed by atoms with E-state index >= 15 is 0 Å². The van der Waals surface area contributed by atoms with Crippen molar-refractivity contribution in [2.75, 3.05) is 17.7 Å². The second-order valence-electron chi connectivity index (χ2n) is 5.43. The van der Waals surface area contributed by atoms with Crippen molar-refractivity contribution in [3.8, 4) is 0 Å². The molecule has 0 aliphatic carbocycles. The number of nitrogens with two attached hydrogens (primary N) is 1. The van der Waals surface area contributed by atoms with Gasteiger partial charge in [-0.1, -0.05) is 37.0 Å². The van der Waals surface area contributed by atoms with Gasteiger partial charge in [0.25, 0.3) is 0 Å². The van der Waals surface area contributed by atoms with E-state index in [4.69, 9.17) is 33.7 Å². The molecule has 20 heavy (non-hydrogen) atoms. The molecule has 1 saturated heterocycles. The number of nitrogen functional groups attached to an aromatic ring is 1. The molecule has 112 valence electrons. The van der Waals surface area contributed by atoms with Crippen molar-refractivity contribution >= 4 is 34.6 Å². The first-order valence-corrected chi connectivity index (χ1v) is 7.90. The third kappa shape index (κ3) is 3.33. The minimum atomic E-state index is -0.0251. The Morgan fingerprint density at radius 1 is 1.30 bits per heavy atom. The summed E-state index contributed by atoms with van der Waals surface area (Å²) in [6, 6.07) is 3.77. The summed E-state index contributed by atoms with van der Waals surface area (Å²) in [4.78, 5) is 0. The molecule has 0 bridgehead atoms. The van der Waals surface area contributed by atoms with Crippen LogP contribution in [0.1, 0.15) is 39.5 Å². The number of benzene rings is 1. The molecule has 1 aromatic carbocycles. The lowest BCUT2D eigenvalue weighted by Crippen LogP contribution is -2.43. The van der Waals surface area contributed by atoms with E-state index in [9.17, 15) is 0 Å². The van der Waals surface area contributed by atoms with E-state index in [1.807, 2.05) is 0 Å². The lowest BCUT2D eigenvalue weighted by molar-refractivity contribution is -0.0864. The van der Waals surface area contributed by atoms with E-state index in [0.717, 1.165) is 38.0 Å². The quantitative estimate of drug-likeness (QED) is 0.790. The van der Waals surface area contributed by atoms with Crippen LogP contribution in [-0.2, 0) is 4.74 Å². The van der Waals surface area contributed by atoms with Crippen LogP contribution >= 0.6 is 23.2 Å². The lowest BCUT2D eigenvalue weighted by Gasteiger charge is -2.40. The van der Waals surface area contributed by atoms with Crippen molar-refractivity contribution in [1.29, 1.82) is 0 Å². The van der Waals surface area contributed by atoms with Crippen LogP contribution < -0.4 is 11.1 Å². The van der Waals surface area contributed by atoms with E-state index < -0.39 is 0 Å². The molecule has 1 atom stereocenters. The standard InChI is InChI=1S/C15H22Cl2N2O/c1-3-15(4-2)9-11(5-6-20-15)19-14-12(16)7-10(18)8-13(14)17/h7-8,11,19H,3-6,9,18H2,1-2H3. The molecule has 1 fully saturated rings. The molecular formula is C15H22Cl2N2O.